The van der Waals surface area contributed by atoms with E-state index in [9.17, 15) is 14.9 Å². The molecule has 20 heavy (non-hydrogen) atoms. The molecule has 0 saturated carbocycles. The molecule has 1 N–H and O–H groups in total. The average molecular weight is 339 g/mol. The number of nitrogens with one attached hydrogen (secondary N) is 1. The number of nitrogens with zero attached hydrogens (tertiary/aromatic N) is 3. The third kappa shape index (κ3) is 3.02. The molecule has 2 aromatic rings. The molecular weight excluding hydrogens is 328 g/mol. The highest BCUT2D eigenvalue weighted by Gasteiger charge is 2.16. The van der Waals surface area contributed by atoms with Crippen LogP contribution in [0, 0.1) is 10.1 Å². The van der Waals surface area contributed by atoms with E-state index in [0.717, 1.165) is 5.69 Å². The lowest BCUT2D eigenvalue weighted by Crippen LogP contribution is -2.23. The molecule has 0 bridgehead atoms. The highest BCUT2D eigenvalue weighted by atomic mass is 79.9. The van der Waals surface area contributed by atoms with Gasteiger partial charge in [-0.3, -0.25) is 19.9 Å². The summed E-state index contributed by atoms with van der Waals surface area (Å²) < 4.78 is 1.72. The van der Waals surface area contributed by atoms with Crippen LogP contribution in [0.1, 0.15) is 5.69 Å². The highest BCUT2D eigenvalue weighted by molar-refractivity contribution is 9.10. The first-order valence-electron chi connectivity index (χ1n) is 5.68. The fourth-order valence-corrected chi connectivity index (χ4v) is 2.19. The van der Waals surface area contributed by atoms with Gasteiger partial charge in [0.1, 0.15) is 0 Å². The van der Waals surface area contributed by atoms with Crippen molar-refractivity contribution in [2.24, 2.45) is 0 Å². The summed E-state index contributed by atoms with van der Waals surface area (Å²) in [6.45, 7) is 0.161. The molecule has 0 atom stereocenters. The van der Waals surface area contributed by atoms with Crippen LogP contribution in [0.25, 0.3) is 0 Å². The van der Waals surface area contributed by atoms with E-state index in [2.05, 4.69) is 26.2 Å². The summed E-state index contributed by atoms with van der Waals surface area (Å²) in [5, 5.41) is 13.8. The van der Waals surface area contributed by atoms with Crippen LogP contribution in [0.3, 0.4) is 0 Å². The van der Waals surface area contributed by atoms with Gasteiger partial charge in [-0.1, -0.05) is 0 Å². The molecule has 0 amide bonds. The van der Waals surface area contributed by atoms with Gasteiger partial charge in [-0.15, -0.1) is 0 Å². The number of anilines is 1. The summed E-state index contributed by atoms with van der Waals surface area (Å²) in [4.78, 5) is 26.3. The van der Waals surface area contributed by atoms with Crippen molar-refractivity contribution < 1.29 is 4.92 Å². The summed E-state index contributed by atoms with van der Waals surface area (Å²) in [6, 6.07) is 4.76. The molecule has 2 heterocycles. The third-order valence-corrected chi connectivity index (χ3v) is 3.10. The molecule has 104 valence electrons. The van der Waals surface area contributed by atoms with Crippen molar-refractivity contribution in [3.8, 4) is 0 Å². The van der Waals surface area contributed by atoms with Gasteiger partial charge in [-0.05, 0) is 28.1 Å². The largest absolute Gasteiger partial charge is 0.388 e. The number of hydrogen-bond donors (Lipinski definition) is 1. The monoisotopic (exact) mass is 338 g/mol. The molecule has 0 unspecified atom stereocenters. The maximum atomic E-state index is 12.0. The highest BCUT2D eigenvalue weighted by Crippen LogP contribution is 2.15. The van der Waals surface area contributed by atoms with Crippen LogP contribution >= 0.6 is 15.9 Å². The van der Waals surface area contributed by atoms with Crippen molar-refractivity contribution in [3.05, 3.63) is 61.2 Å². The zero-order chi connectivity index (χ0) is 14.7. The van der Waals surface area contributed by atoms with E-state index in [1.165, 1.54) is 16.8 Å². The van der Waals surface area contributed by atoms with Crippen molar-refractivity contribution in [2.45, 2.75) is 6.54 Å². The van der Waals surface area contributed by atoms with Crippen LogP contribution in [0.5, 0.6) is 0 Å². The van der Waals surface area contributed by atoms with Gasteiger partial charge in [0.2, 0.25) is 0 Å². The molecule has 0 aliphatic heterocycles. The molecule has 8 heteroatoms. The van der Waals surface area contributed by atoms with Crippen LogP contribution in [-0.2, 0) is 6.54 Å². The van der Waals surface area contributed by atoms with Crippen LogP contribution in [0.2, 0.25) is 0 Å². The molecule has 0 aliphatic carbocycles. The van der Waals surface area contributed by atoms with Gasteiger partial charge in [0.25, 0.3) is 0 Å². The Hall–Kier alpha value is -2.22. The Morgan fingerprint density at radius 1 is 1.50 bits per heavy atom. The summed E-state index contributed by atoms with van der Waals surface area (Å²) in [6.07, 6.45) is 3.11. The normalized spacial score (nSPS) is 10.3. The zero-order valence-corrected chi connectivity index (χ0v) is 12.1. The van der Waals surface area contributed by atoms with Crippen LogP contribution < -0.4 is 10.9 Å². The van der Waals surface area contributed by atoms with E-state index < -0.39 is 16.2 Å². The molecule has 0 saturated heterocycles. The molecule has 2 aromatic heterocycles. The first-order chi connectivity index (χ1) is 9.51. The van der Waals surface area contributed by atoms with E-state index in [4.69, 9.17) is 0 Å². The van der Waals surface area contributed by atoms with Gasteiger partial charge in [0.05, 0.1) is 17.2 Å². The van der Waals surface area contributed by atoms with Gasteiger partial charge >= 0.3 is 11.2 Å². The van der Waals surface area contributed by atoms with E-state index in [0.29, 0.717) is 10.2 Å². The number of nitro groups is 1. The van der Waals surface area contributed by atoms with Gasteiger partial charge < -0.3 is 9.88 Å². The fraction of sp³-hybridized carbons (Fsp3) is 0.167. The van der Waals surface area contributed by atoms with Crippen LogP contribution in [-0.4, -0.2) is 21.5 Å². The third-order valence-electron chi connectivity index (χ3n) is 2.67. The van der Waals surface area contributed by atoms with Crippen molar-refractivity contribution in [2.75, 3.05) is 12.4 Å². The maximum absolute atomic E-state index is 12.0. The van der Waals surface area contributed by atoms with Gasteiger partial charge in [-0.2, -0.15) is 0 Å². The second-order valence-electron chi connectivity index (χ2n) is 4.02. The Labute approximate surface area is 122 Å². The summed E-state index contributed by atoms with van der Waals surface area (Å²) in [5.41, 5.74) is 0.359. The van der Waals surface area contributed by atoms with Gasteiger partial charge in [0, 0.05) is 35.7 Å². The molecule has 0 aromatic carbocycles. The number of aromatic nitrogens is 2. The Kier molecular flexibility index (Phi) is 4.14. The van der Waals surface area contributed by atoms with Crippen molar-refractivity contribution >= 4 is 27.3 Å². The quantitative estimate of drug-likeness (QED) is 0.680. The molecule has 2 rings (SSSR count). The second-order valence-corrected chi connectivity index (χ2v) is 4.94. The standard InChI is InChI=1S/C12H11BrN4O3/c1-14-9-2-3-15-10(5-9)7-16-6-8(13)4-11(12(16)18)17(19)20/h2-6H,7H2,1H3,(H,14,15). The second kappa shape index (κ2) is 5.83. The van der Waals surface area contributed by atoms with Gasteiger partial charge in [-0.25, -0.2) is 0 Å². The van der Waals surface area contributed by atoms with E-state index in [1.807, 2.05) is 0 Å². The molecule has 7 nitrogen and oxygen atoms in total. The van der Waals surface area contributed by atoms with Gasteiger partial charge in [0.15, 0.2) is 0 Å². The minimum absolute atomic E-state index is 0.161. The Bertz CT molecular complexity index is 714. The molecule has 0 aliphatic rings. The Morgan fingerprint density at radius 3 is 2.90 bits per heavy atom. The van der Waals surface area contributed by atoms with Crippen LogP contribution in [0.4, 0.5) is 11.4 Å². The number of pyridine rings is 2. The number of hydrogen-bond acceptors (Lipinski definition) is 5. The van der Waals surface area contributed by atoms with Crippen molar-refractivity contribution in [1.29, 1.82) is 0 Å². The summed E-state index contributed by atoms with van der Waals surface area (Å²) in [7, 11) is 1.77. The van der Waals surface area contributed by atoms with Crippen molar-refractivity contribution in [1.82, 2.24) is 9.55 Å². The maximum Gasteiger partial charge on any atom is 0.335 e. The van der Waals surface area contributed by atoms with E-state index >= 15 is 0 Å². The predicted octanol–water partition coefficient (Wildman–Crippen LogP) is 2.00. The number of halogens is 1. The SMILES string of the molecule is CNc1ccnc(Cn2cc(Br)cc([N+](=O)[O-])c2=O)c1. The molecular formula is C12H11BrN4O3. The molecule has 0 spiro atoms. The Morgan fingerprint density at radius 2 is 2.25 bits per heavy atom. The topological polar surface area (TPSA) is 90.1 Å². The Balaban J connectivity index is 2.43. The lowest BCUT2D eigenvalue weighted by molar-refractivity contribution is -0.386. The van der Waals surface area contributed by atoms with Crippen molar-refractivity contribution in [3.63, 3.8) is 0 Å². The summed E-state index contributed by atoms with van der Waals surface area (Å²) in [5.74, 6) is 0. The molecule has 0 radical (unpaired) electrons. The summed E-state index contributed by atoms with van der Waals surface area (Å²) >= 11 is 3.16. The first kappa shape index (κ1) is 14.2. The van der Waals surface area contributed by atoms with Crippen LogP contribution in [0.15, 0.2) is 39.9 Å². The zero-order valence-electron chi connectivity index (χ0n) is 10.5. The minimum Gasteiger partial charge on any atom is -0.388 e. The van der Waals surface area contributed by atoms with E-state index in [1.54, 1.807) is 25.4 Å². The fourth-order valence-electron chi connectivity index (χ4n) is 1.73. The first-order valence-corrected chi connectivity index (χ1v) is 6.47. The predicted molar refractivity (Wildman–Crippen MR) is 77.9 cm³/mol. The lowest BCUT2D eigenvalue weighted by Gasteiger charge is -2.07. The van der Waals surface area contributed by atoms with E-state index in [-0.39, 0.29) is 6.54 Å². The smallest absolute Gasteiger partial charge is 0.335 e. The average Bonchev–Trinajstić information content (AvgIpc) is 2.42. The number of rotatable bonds is 4. The lowest BCUT2D eigenvalue weighted by atomic mass is 10.3. The molecule has 0 fully saturated rings. The minimum atomic E-state index is -0.693.